The topological polar surface area (TPSA) is 42.7 Å². The summed E-state index contributed by atoms with van der Waals surface area (Å²) in [6.07, 6.45) is 3.74. The van der Waals surface area contributed by atoms with E-state index in [4.69, 9.17) is 0 Å². The molecule has 0 fully saturated rings. The summed E-state index contributed by atoms with van der Waals surface area (Å²) in [5, 5.41) is 3.12. The van der Waals surface area contributed by atoms with Crippen LogP contribution in [0, 0.1) is 13.8 Å². The molecule has 0 unspecified atom stereocenters. The molecule has 4 nitrogen and oxygen atoms in total. The van der Waals surface area contributed by atoms with Gasteiger partial charge in [0.25, 0.3) is 0 Å². The van der Waals surface area contributed by atoms with E-state index in [0.29, 0.717) is 0 Å². The average Bonchev–Trinajstić information content (AvgIpc) is 2.83. The van der Waals surface area contributed by atoms with Crippen LogP contribution in [-0.4, -0.2) is 21.6 Å². The highest BCUT2D eigenvalue weighted by molar-refractivity contribution is 5.78. The fourth-order valence-electron chi connectivity index (χ4n) is 2.31. The monoisotopic (exact) mass is 266 g/mol. The summed E-state index contributed by atoms with van der Waals surface area (Å²) in [5.74, 6) is 0.899. The Bertz CT molecular complexity index is 741. The fraction of sp³-hybridized carbons (Fsp3) is 0.250. The third kappa shape index (κ3) is 2.18. The Balaban J connectivity index is 2.07. The van der Waals surface area contributed by atoms with E-state index in [9.17, 15) is 0 Å². The molecule has 0 spiro atoms. The molecule has 0 aliphatic rings. The second-order valence-corrected chi connectivity index (χ2v) is 5.09. The minimum absolute atomic E-state index is 0.830. The van der Waals surface area contributed by atoms with Crippen molar-refractivity contribution < 1.29 is 0 Å². The van der Waals surface area contributed by atoms with Gasteiger partial charge in [0, 0.05) is 12.7 Å². The number of imidazole rings is 1. The van der Waals surface area contributed by atoms with Crippen LogP contribution in [0.1, 0.15) is 16.7 Å². The summed E-state index contributed by atoms with van der Waals surface area (Å²) in [4.78, 5) is 8.99. The summed E-state index contributed by atoms with van der Waals surface area (Å²) in [6, 6.07) is 8.41. The third-order valence-electron chi connectivity index (χ3n) is 3.60. The quantitative estimate of drug-likeness (QED) is 0.792. The van der Waals surface area contributed by atoms with Crippen molar-refractivity contribution in [1.29, 1.82) is 0 Å². The summed E-state index contributed by atoms with van der Waals surface area (Å²) < 4.78 is 2.03. The molecule has 3 rings (SSSR count). The zero-order valence-electron chi connectivity index (χ0n) is 12.0. The fourth-order valence-corrected chi connectivity index (χ4v) is 2.31. The normalized spacial score (nSPS) is 11.2. The van der Waals surface area contributed by atoms with Crippen LogP contribution in [0.25, 0.3) is 16.9 Å². The number of hydrogen-bond donors (Lipinski definition) is 1. The maximum atomic E-state index is 4.52. The molecule has 4 heteroatoms. The molecule has 0 radical (unpaired) electrons. The molecular weight excluding hydrogens is 248 g/mol. The SMILES string of the molecule is CNCc1ccc(-n2cnc3cc(C)c(C)cc32)nc1. The molecule has 102 valence electrons. The first-order chi connectivity index (χ1) is 9.69. The first kappa shape index (κ1) is 12.8. The van der Waals surface area contributed by atoms with Crippen molar-refractivity contribution >= 4 is 11.0 Å². The maximum absolute atomic E-state index is 4.52. The first-order valence-electron chi connectivity index (χ1n) is 6.73. The molecule has 0 aliphatic heterocycles. The van der Waals surface area contributed by atoms with E-state index in [1.165, 1.54) is 16.7 Å². The van der Waals surface area contributed by atoms with Gasteiger partial charge in [-0.1, -0.05) is 6.07 Å². The first-order valence-corrected chi connectivity index (χ1v) is 6.73. The molecule has 1 aromatic carbocycles. The van der Waals surface area contributed by atoms with Crippen LogP contribution in [0.2, 0.25) is 0 Å². The number of aryl methyl sites for hydroxylation is 2. The van der Waals surface area contributed by atoms with Gasteiger partial charge in [0.05, 0.1) is 11.0 Å². The Kier molecular flexibility index (Phi) is 3.24. The molecule has 0 atom stereocenters. The van der Waals surface area contributed by atoms with Gasteiger partial charge in [-0.15, -0.1) is 0 Å². The van der Waals surface area contributed by atoms with Gasteiger partial charge in [-0.25, -0.2) is 9.97 Å². The van der Waals surface area contributed by atoms with Crippen LogP contribution in [-0.2, 0) is 6.54 Å². The molecule has 0 saturated carbocycles. The number of pyridine rings is 1. The number of nitrogens with zero attached hydrogens (tertiary/aromatic N) is 3. The van der Waals surface area contributed by atoms with Gasteiger partial charge in [-0.3, -0.25) is 4.57 Å². The lowest BCUT2D eigenvalue weighted by atomic mass is 10.1. The molecule has 2 heterocycles. The van der Waals surface area contributed by atoms with Crippen LogP contribution in [0.4, 0.5) is 0 Å². The van der Waals surface area contributed by atoms with E-state index in [-0.39, 0.29) is 0 Å². The predicted octanol–water partition coefficient (Wildman–Crippen LogP) is 2.76. The van der Waals surface area contributed by atoms with E-state index >= 15 is 0 Å². The summed E-state index contributed by atoms with van der Waals surface area (Å²) in [5.41, 5.74) is 5.81. The Morgan fingerprint density at radius 2 is 1.90 bits per heavy atom. The van der Waals surface area contributed by atoms with Crippen LogP contribution in [0.3, 0.4) is 0 Å². The van der Waals surface area contributed by atoms with Crippen molar-refractivity contribution in [3.05, 3.63) is 53.5 Å². The highest BCUT2D eigenvalue weighted by Crippen LogP contribution is 2.21. The lowest BCUT2D eigenvalue weighted by molar-refractivity contribution is 0.811. The lowest BCUT2D eigenvalue weighted by Gasteiger charge is -2.06. The number of nitrogens with one attached hydrogen (secondary N) is 1. The van der Waals surface area contributed by atoms with Crippen molar-refractivity contribution in [2.45, 2.75) is 20.4 Å². The minimum atomic E-state index is 0.830. The Labute approximate surface area is 118 Å². The smallest absolute Gasteiger partial charge is 0.138 e. The van der Waals surface area contributed by atoms with Gasteiger partial charge in [0.1, 0.15) is 12.1 Å². The summed E-state index contributed by atoms with van der Waals surface area (Å²) >= 11 is 0. The van der Waals surface area contributed by atoms with Crippen molar-refractivity contribution in [3.8, 4) is 5.82 Å². The standard InChI is InChI=1S/C16H18N4/c1-11-6-14-15(7-12(11)2)20(10-19-14)16-5-4-13(8-17-3)9-18-16/h4-7,9-10,17H,8H2,1-3H3. The molecule has 20 heavy (non-hydrogen) atoms. The molecule has 2 aromatic heterocycles. The van der Waals surface area contributed by atoms with Crippen LogP contribution >= 0.6 is 0 Å². The Morgan fingerprint density at radius 1 is 1.10 bits per heavy atom. The van der Waals surface area contributed by atoms with E-state index in [0.717, 1.165) is 23.4 Å². The summed E-state index contributed by atoms with van der Waals surface area (Å²) in [7, 11) is 1.93. The number of rotatable bonds is 3. The number of fused-ring (bicyclic) bond motifs is 1. The van der Waals surface area contributed by atoms with Crippen LogP contribution in [0.5, 0.6) is 0 Å². The largest absolute Gasteiger partial charge is 0.316 e. The number of aromatic nitrogens is 3. The molecule has 3 aromatic rings. The Hall–Kier alpha value is -2.20. The van der Waals surface area contributed by atoms with Crippen LogP contribution < -0.4 is 5.32 Å². The van der Waals surface area contributed by atoms with Crippen molar-refractivity contribution in [3.63, 3.8) is 0 Å². The maximum Gasteiger partial charge on any atom is 0.138 e. The van der Waals surface area contributed by atoms with Gasteiger partial charge in [-0.2, -0.15) is 0 Å². The molecule has 0 amide bonds. The zero-order valence-corrected chi connectivity index (χ0v) is 12.0. The minimum Gasteiger partial charge on any atom is -0.316 e. The molecule has 0 saturated heterocycles. The Morgan fingerprint density at radius 3 is 2.60 bits per heavy atom. The van der Waals surface area contributed by atoms with Gasteiger partial charge in [-0.05, 0) is 55.8 Å². The van der Waals surface area contributed by atoms with Gasteiger partial charge < -0.3 is 5.32 Å². The average molecular weight is 266 g/mol. The predicted molar refractivity (Wildman–Crippen MR) is 81.1 cm³/mol. The van der Waals surface area contributed by atoms with Crippen molar-refractivity contribution in [1.82, 2.24) is 19.9 Å². The second-order valence-electron chi connectivity index (χ2n) is 5.09. The van der Waals surface area contributed by atoms with Crippen molar-refractivity contribution in [2.75, 3.05) is 7.05 Å². The molecule has 0 aliphatic carbocycles. The molecular formula is C16H18N4. The molecule has 1 N–H and O–H groups in total. The number of hydrogen-bond acceptors (Lipinski definition) is 3. The van der Waals surface area contributed by atoms with Gasteiger partial charge in [0.15, 0.2) is 0 Å². The van der Waals surface area contributed by atoms with E-state index in [2.05, 4.69) is 47.3 Å². The lowest BCUT2D eigenvalue weighted by Crippen LogP contribution is -2.06. The van der Waals surface area contributed by atoms with E-state index < -0.39 is 0 Å². The second kappa shape index (κ2) is 5.06. The van der Waals surface area contributed by atoms with Gasteiger partial charge >= 0.3 is 0 Å². The molecule has 0 bridgehead atoms. The van der Waals surface area contributed by atoms with E-state index in [1.807, 2.05) is 30.2 Å². The summed E-state index contributed by atoms with van der Waals surface area (Å²) in [6.45, 7) is 5.06. The number of benzene rings is 1. The van der Waals surface area contributed by atoms with Gasteiger partial charge in [0.2, 0.25) is 0 Å². The van der Waals surface area contributed by atoms with E-state index in [1.54, 1.807) is 0 Å². The zero-order chi connectivity index (χ0) is 14.1. The van der Waals surface area contributed by atoms with Crippen LogP contribution in [0.15, 0.2) is 36.8 Å². The highest BCUT2D eigenvalue weighted by Gasteiger charge is 2.07. The third-order valence-corrected chi connectivity index (χ3v) is 3.60. The van der Waals surface area contributed by atoms with Crippen molar-refractivity contribution in [2.24, 2.45) is 0 Å². The highest BCUT2D eigenvalue weighted by atomic mass is 15.1.